The van der Waals surface area contributed by atoms with Crippen molar-refractivity contribution in [1.82, 2.24) is 30.3 Å². The van der Waals surface area contributed by atoms with E-state index in [-0.39, 0.29) is 0 Å². The molecule has 2 aliphatic heterocycles. The summed E-state index contributed by atoms with van der Waals surface area (Å²) in [4.78, 5) is 14.2. The van der Waals surface area contributed by atoms with Crippen molar-refractivity contribution in [2.24, 2.45) is 4.99 Å². The molecular weight excluding hydrogens is 370 g/mol. The molecule has 1 saturated carbocycles. The molecule has 0 aromatic carbocycles. The number of H-pyrrole nitrogens is 1. The molecule has 1 aromatic rings. The van der Waals surface area contributed by atoms with Crippen LogP contribution in [0, 0.1) is 0 Å². The van der Waals surface area contributed by atoms with Crippen molar-refractivity contribution in [2.75, 3.05) is 51.3 Å². The minimum absolute atomic E-state index is 0.327. The number of likely N-dealkylation sites (tertiary alicyclic amines) is 1. The normalized spacial score (nSPS) is 25.0. The molecule has 0 radical (unpaired) electrons. The van der Waals surface area contributed by atoms with Crippen molar-refractivity contribution >= 4 is 17.7 Å². The number of thioether (sulfide) groups is 1. The van der Waals surface area contributed by atoms with Crippen LogP contribution in [0.3, 0.4) is 0 Å². The number of aliphatic imine (C=N–C) groups is 1. The third kappa shape index (κ3) is 4.48. The molecule has 3 heterocycles. The third-order valence-corrected chi connectivity index (χ3v) is 7.81. The van der Waals surface area contributed by atoms with Crippen LogP contribution in [0.1, 0.15) is 56.7 Å². The molecular formula is C20H35N7S. The molecule has 156 valence electrons. The van der Waals surface area contributed by atoms with E-state index in [1.165, 1.54) is 56.7 Å². The number of nitrogens with zero attached hydrogens (tertiary/aromatic N) is 5. The summed E-state index contributed by atoms with van der Waals surface area (Å²) in [6.45, 7) is 5.57. The fraction of sp³-hybridized carbons (Fsp3) is 0.850. The summed E-state index contributed by atoms with van der Waals surface area (Å²) in [5.74, 6) is 5.17. The van der Waals surface area contributed by atoms with Gasteiger partial charge in [0, 0.05) is 62.7 Å². The van der Waals surface area contributed by atoms with Crippen molar-refractivity contribution < 1.29 is 0 Å². The van der Waals surface area contributed by atoms with Crippen LogP contribution in [0.5, 0.6) is 0 Å². The zero-order valence-corrected chi connectivity index (χ0v) is 18.0. The van der Waals surface area contributed by atoms with Crippen molar-refractivity contribution in [3.05, 3.63) is 12.2 Å². The summed E-state index contributed by atoms with van der Waals surface area (Å²) in [5.41, 5.74) is 0.327. The minimum Gasteiger partial charge on any atom is -0.354 e. The lowest BCUT2D eigenvalue weighted by Gasteiger charge is -2.48. The van der Waals surface area contributed by atoms with Gasteiger partial charge >= 0.3 is 0 Å². The first-order chi connectivity index (χ1) is 13.8. The molecule has 8 heteroatoms. The number of hydrogen-bond acceptors (Lipinski definition) is 5. The van der Waals surface area contributed by atoms with Gasteiger partial charge in [-0.1, -0.05) is 19.3 Å². The fourth-order valence-corrected chi connectivity index (χ4v) is 6.11. The molecule has 3 aliphatic rings. The highest BCUT2D eigenvalue weighted by atomic mass is 32.2. The Hall–Kier alpha value is -1.28. The summed E-state index contributed by atoms with van der Waals surface area (Å²) in [6.07, 6.45) is 10.6. The average Bonchev–Trinajstić information content (AvgIpc) is 3.31. The number of guanidine groups is 1. The monoisotopic (exact) mass is 405 g/mol. The number of nitrogens with one attached hydrogen (secondary N) is 2. The predicted molar refractivity (Wildman–Crippen MR) is 116 cm³/mol. The van der Waals surface area contributed by atoms with Crippen LogP contribution < -0.4 is 5.32 Å². The largest absolute Gasteiger partial charge is 0.354 e. The maximum Gasteiger partial charge on any atom is 0.193 e. The molecule has 2 saturated heterocycles. The molecule has 28 heavy (non-hydrogen) atoms. The second-order valence-corrected chi connectivity index (χ2v) is 9.64. The topological polar surface area (TPSA) is 72.4 Å². The van der Waals surface area contributed by atoms with E-state index < -0.39 is 0 Å². The molecule has 0 amide bonds. The number of aromatic amines is 1. The molecule has 4 rings (SSSR count). The summed E-state index contributed by atoms with van der Waals surface area (Å²) in [6, 6.07) is 0. The summed E-state index contributed by atoms with van der Waals surface area (Å²) in [7, 11) is 1.93. The SMILES string of the molecule is CN=C(NCC1(N2CCSCC2)CCCCC1)N1CCC(c2ncn[nH]2)CC1. The summed E-state index contributed by atoms with van der Waals surface area (Å²) in [5, 5.41) is 10.8. The highest BCUT2D eigenvalue weighted by Crippen LogP contribution is 2.35. The van der Waals surface area contributed by atoms with Crippen LogP contribution >= 0.6 is 11.8 Å². The summed E-state index contributed by atoms with van der Waals surface area (Å²) < 4.78 is 0. The number of rotatable bonds is 4. The second-order valence-electron chi connectivity index (χ2n) is 8.42. The van der Waals surface area contributed by atoms with Gasteiger partial charge in [0.2, 0.25) is 0 Å². The van der Waals surface area contributed by atoms with Crippen LogP contribution in [0.15, 0.2) is 11.3 Å². The number of hydrogen-bond donors (Lipinski definition) is 2. The fourth-order valence-electron chi connectivity index (χ4n) is 5.20. The number of piperidine rings is 1. The van der Waals surface area contributed by atoms with E-state index in [1.807, 2.05) is 7.05 Å². The molecule has 1 aromatic heterocycles. The Kier molecular flexibility index (Phi) is 6.77. The highest BCUT2D eigenvalue weighted by molar-refractivity contribution is 7.99. The van der Waals surface area contributed by atoms with Gasteiger partial charge in [0.15, 0.2) is 5.96 Å². The molecule has 7 nitrogen and oxygen atoms in total. The van der Waals surface area contributed by atoms with E-state index >= 15 is 0 Å². The molecule has 2 N–H and O–H groups in total. The first kappa shape index (κ1) is 20.0. The van der Waals surface area contributed by atoms with E-state index in [9.17, 15) is 0 Å². The van der Waals surface area contributed by atoms with Crippen LogP contribution in [0.25, 0.3) is 0 Å². The van der Waals surface area contributed by atoms with Crippen LogP contribution in [0.4, 0.5) is 0 Å². The molecule has 0 bridgehead atoms. The van der Waals surface area contributed by atoms with Crippen molar-refractivity contribution in [3.63, 3.8) is 0 Å². The Morgan fingerprint density at radius 3 is 2.61 bits per heavy atom. The predicted octanol–water partition coefficient (Wildman–Crippen LogP) is 2.31. The minimum atomic E-state index is 0.327. The maximum atomic E-state index is 4.63. The highest BCUT2D eigenvalue weighted by Gasteiger charge is 2.39. The Bertz CT molecular complexity index is 613. The van der Waals surface area contributed by atoms with E-state index in [0.29, 0.717) is 11.5 Å². The molecule has 0 spiro atoms. The molecule has 1 aliphatic carbocycles. The maximum absolute atomic E-state index is 4.63. The summed E-state index contributed by atoms with van der Waals surface area (Å²) >= 11 is 2.11. The van der Waals surface area contributed by atoms with Crippen LogP contribution in [0.2, 0.25) is 0 Å². The van der Waals surface area contributed by atoms with Gasteiger partial charge in [-0.15, -0.1) is 0 Å². The van der Waals surface area contributed by atoms with Gasteiger partial charge in [-0.2, -0.15) is 16.9 Å². The first-order valence-electron chi connectivity index (χ1n) is 10.9. The Balaban J connectivity index is 1.35. The van der Waals surface area contributed by atoms with Gasteiger partial charge in [0.05, 0.1) is 0 Å². The van der Waals surface area contributed by atoms with E-state index in [0.717, 1.165) is 44.3 Å². The van der Waals surface area contributed by atoms with Gasteiger partial charge in [-0.3, -0.25) is 15.0 Å². The lowest BCUT2D eigenvalue weighted by molar-refractivity contribution is 0.0618. The second kappa shape index (κ2) is 9.48. The van der Waals surface area contributed by atoms with Crippen LogP contribution in [-0.2, 0) is 0 Å². The van der Waals surface area contributed by atoms with Gasteiger partial charge in [0.25, 0.3) is 0 Å². The standard InChI is InChI=1S/C20H35N7S/c1-21-19(26-9-5-17(6-10-26)18-23-16-24-25-18)22-15-20(7-3-2-4-8-20)27-11-13-28-14-12-27/h16-17H,2-15H2,1H3,(H,21,22)(H,23,24,25). The zero-order chi connectivity index (χ0) is 19.2. The third-order valence-electron chi connectivity index (χ3n) is 6.87. The Labute approximate surface area is 173 Å². The van der Waals surface area contributed by atoms with Gasteiger partial charge < -0.3 is 10.2 Å². The smallest absolute Gasteiger partial charge is 0.193 e. The first-order valence-corrected chi connectivity index (χ1v) is 12.1. The zero-order valence-electron chi connectivity index (χ0n) is 17.2. The average molecular weight is 406 g/mol. The van der Waals surface area contributed by atoms with Gasteiger partial charge in [-0.05, 0) is 25.7 Å². The van der Waals surface area contributed by atoms with Crippen molar-refractivity contribution in [3.8, 4) is 0 Å². The lowest BCUT2D eigenvalue weighted by Crippen LogP contribution is -2.60. The van der Waals surface area contributed by atoms with E-state index in [2.05, 4.69) is 47.1 Å². The Morgan fingerprint density at radius 1 is 1.21 bits per heavy atom. The van der Waals surface area contributed by atoms with Crippen molar-refractivity contribution in [1.29, 1.82) is 0 Å². The van der Waals surface area contributed by atoms with Gasteiger partial charge in [-0.25, -0.2) is 4.98 Å². The van der Waals surface area contributed by atoms with Crippen LogP contribution in [-0.4, -0.2) is 87.8 Å². The van der Waals surface area contributed by atoms with Gasteiger partial charge in [0.1, 0.15) is 12.2 Å². The quantitative estimate of drug-likeness (QED) is 0.592. The Morgan fingerprint density at radius 2 is 1.96 bits per heavy atom. The van der Waals surface area contributed by atoms with E-state index in [4.69, 9.17) is 0 Å². The molecule has 0 unspecified atom stereocenters. The number of aromatic nitrogens is 3. The van der Waals surface area contributed by atoms with Crippen molar-refractivity contribution in [2.45, 2.75) is 56.4 Å². The van der Waals surface area contributed by atoms with E-state index in [1.54, 1.807) is 6.33 Å². The lowest BCUT2D eigenvalue weighted by atomic mass is 9.80. The molecule has 0 atom stereocenters. The molecule has 3 fully saturated rings.